The van der Waals surface area contributed by atoms with Gasteiger partial charge in [-0.05, 0) is 83.2 Å². The lowest BCUT2D eigenvalue weighted by atomic mass is 9.90. The van der Waals surface area contributed by atoms with Crippen LogP contribution in [0.5, 0.6) is 0 Å². The molecule has 4 nitrogen and oxygen atoms in total. The first-order valence-electron chi connectivity index (χ1n) is 9.65. The molecule has 1 aromatic heterocycles. The van der Waals surface area contributed by atoms with Crippen molar-refractivity contribution in [1.29, 1.82) is 0 Å². The molecule has 5 heteroatoms. The van der Waals surface area contributed by atoms with E-state index in [9.17, 15) is 0 Å². The van der Waals surface area contributed by atoms with Gasteiger partial charge >= 0.3 is 0 Å². The van der Waals surface area contributed by atoms with Crippen molar-refractivity contribution in [3.05, 3.63) is 47.5 Å². The van der Waals surface area contributed by atoms with Crippen molar-refractivity contribution in [2.24, 2.45) is 0 Å². The van der Waals surface area contributed by atoms with Crippen molar-refractivity contribution in [2.45, 2.75) is 52.0 Å². The van der Waals surface area contributed by atoms with Gasteiger partial charge in [-0.3, -0.25) is 0 Å². The zero-order valence-electron chi connectivity index (χ0n) is 17.2. The molecule has 0 unspecified atom stereocenters. The topological polar surface area (TPSA) is 30.3 Å². The molecule has 3 aromatic rings. The SMILES string of the molecule is CN1c2ccccc2-c2nc3cc4c(cc3n2[Si]1(C)C)C(C)(C)OC4(C)C. The fraction of sp³-hybridized carbons (Fsp3) is 0.409. The molecule has 2 aromatic carbocycles. The first-order chi connectivity index (χ1) is 12.5. The summed E-state index contributed by atoms with van der Waals surface area (Å²) < 4.78 is 11.4. The fourth-order valence-corrected chi connectivity index (χ4v) is 7.54. The van der Waals surface area contributed by atoms with Crippen LogP contribution in [-0.4, -0.2) is 24.7 Å². The average molecular weight is 378 g/mol. The van der Waals surface area contributed by atoms with E-state index < -0.39 is 8.40 Å². The monoisotopic (exact) mass is 377 g/mol. The van der Waals surface area contributed by atoms with Crippen LogP contribution in [0.1, 0.15) is 38.8 Å². The Balaban J connectivity index is 1.89. The highest BCUT2D eigenvalue weighted by Gasteiger charge is 2.45. The molecule has 0 fully saturated rings. The number of hydrogen-bond acceptors (Lipinski definition) is 3. The van der Waals surface area contributed by atoms with Gasteiger partial charge in [0.25, 0.3) is 8.40 Å². The molecule has 27 heavy (non-hydrogen) atoms. The average Bonchev–Trinajstić information content (AvgIpc) is 3.05. The molecule has 3 heterocycles. The summed E-state index contributed by atoms with van der Waals surface area (Å²) in [6, 6.07) is 13.2. The van der Waals surface area contributed by atoms with Crippen LogP contribution in [0.4, 0.5) is 5.69 Å². The third-order valence-electron chi connectivity index (χ3n) is 6.48. The highest BCUT2D eigenvalue weighted by molar-refractivity contribution is 6.81. The molecule has 0 bridgehead atoms. The Morgan fingerprint density at radius 3 is 2.30 bits per heavy atom. The quantitative estimate of drug-likeness (QED) is 0.504. The Bertz CT molecular complexity index is 1110. The second-order valence-corrected chi connectivity index (χ2v) is 13.5. The Labute approximate surface area is 161 Å². The molecule has 0 aliphatic carbocycles. The summed E-state index contributed by atoms with van der Waals surface area (Å²) in [6.07, 6.45) is 0. The van der Waals surface area contributed by atoms with Gasteiger partial charge in [-0.15, -0.1) is 0 Å². The number of anilines is 1. The van der Waals surface area contributed by atoms with Crippen molar-refractivity contribution < 1.29 is 4.74 Å². The van der Waals surface area contributed by atoms with Gasteiger partial charge in [0.1, 0.15) is 5.82 Å². The Kier molecular flexibility index (Phi) is 3.05. The molecule has 2 aliphatic rings. The Morgan fingerprint density at radius 2 is 1.59 bits per heavy atom. The van der Waals surface area contributed by atoms with Crippen LogP contribution >= 0.6 is 0 Å². The lowest BCUT2D eigenvalue weighted by Crippen LogP contribution is -2.55. The fourth-order valence-electron chi connectivity index (χ4n) is 5.00. The largest absolute Gasteiger partial charge is 0.383 e. The van der Waals surface area contributed by atoms with Crippen LogP contribution in [0, 0.1) is 0 Å². The maximum atomic E-state index is 6.38. The molecular weight excluding hydrogens is 350 g/mol. The number of imidazole rings is 1. The maximum Gasteiger partial charge on any atom is 0.263 e. The second-order valence-electron chi connectivity index (χ2n) is 9.35. The Hall–Kier alpha value is -2.11. The van der Waals surface area contributed by atoms with Crippen LogP contribution in [0.15, 0.2) is 36.4 Å². The summed E-state index contributed by atoms with van der Waals surface area (Å²) >= 11 is 0. The molecule has 5 rings (SSSR count). The lowest BCUT2D eigenvalue weighted by Gasteiger charge is -2.42. The third-order valence-corrected chi connectivity index (χ3v) is 9.91. The normalized spacial score (nSPS) is 21.1. The standard InChI is InChI=1S/C22H27N3OSi/c1-21(2)15-12-17-19(13-16(15)22(3,4)26-21)25-20(23-17)14-10-8-9-11-18(14)24(5)27(25,6)7/h8-13H,1-7H3. The zero-order chi connectivity index (χ0) is 19.4. The summed E-state index contributed by atoms with van der Waals surface area (Å²) in [5.41, 5.74) is 6.78. The number of rotatable bonds is 0. The predicted octanol–water partition coefficient (Wildman–Crippen LogP) is 5.20. The number of ether oxygens (including phenoxy) is 1. The van der Waals surface area contributed by atoms with Gasteiger partial charge in [0.15, 0.2) is 0 Å². The van der Waals surface area contributed by atoms with E-state index in [1.54, 1.807) is 0 Å². The molecule has 0 radical (unpaired) electrons. The first-order valence-corrected chi connectivity index (χ1v) is 12.5. The summed E-state index contributed by atoms with van der Waals surface area (Å²) in [4.78, 5) is 5.13. The molecule has 0 atom stereocenters. The molecular formula is C22H27N3OSi. The zero-order valence-corrected chi connectivity index (χ0v) is 18.2. The summed E-state index contributed by atoms with van der Waals surface area (Å²) in [7, 11) is 0.280. The number of fused-ring (bicyclic) bond motifs is 6. The second kappa shape index (κ2) is 4.83. The van der Waals surface area contributed by atoms with Gasteiger partial charge in [0.05, 0.1) is 22.2 Å². The van der Waals surface area contributed by atoms with E-state index in [2.05, 4.69) is 93.0 Å². The smallest absolute Gasteiger partial charge is 0.263 e. The molecule has 0 amide bonds. The molecule has 0 saturated carbocycles. The van der Waals surface area contributed by atoms with Gasteiger partial charge in [-0.25, -0.2) is 4.98 Å². The number of benzene rings is 2. The van der Waals surface area contributed by atoms with Gasteiger partial charge < -0.3 is 13.5 Å². The van der Waals surface area contributed by atoms with Crippen LogP contribution < -0.4 is 4.57 Å². The molecule has 0 N–H and O–H groups in total. The van der Waals surface area contributed by atoms with E-state index in [0.29, 0.717) is 0 Å². The number of nitrogens with zero attached hydrogens (tertiary/aromatic N) is 3. The number of aromatic nitrogens is 2. The summed E-state index contributed by atoms with van der Waals surface area (Å²) in [5.74, 6) is 1.11. The molecule has 0 saturated heterocycles. The summed E-state index contributed by atoms with van der Waals surface area (Å²) in [5, 5.41) is 0. The van der Waals surface area contributed by atoms with Crippen LogP contribution in [0.2, 0.25) is 13.1 Å². The van der Waals surface area contributed by atoms with Crippen molar-refractivity contribution in [1.82, 2.24) is 9.22 Å². The van der Waals surface area contributed by atoms with Crippen molar-refractivity contribution in [2.75, 3.05) is 11.6 Å². The number of hydrogen-bond donors (Lipinski definition) is 0. The summed E-state index contributed by atoms with van der Waals surface area (Å²) in [6.45, 7) is 13.4. The van der Waals surface area contributed by atoms with E-state index in [4.69, 9.17) is 9.72 Å². The number of para-hydroxylation sites is 1. The van der Waals surface area contributed by atoms with Crippen LogP contribution in [-0.2, 0) is 15.9 Å². The van der Waals surface area contributed by atoms with Crippen LogP contribution in [0.3, 0.4) is 0 Å². The third kappa shape index (κ3) is 2.04. The molecule has 140 valence electrons. The highest BCUT2D eigenvalue weighted by atomic mass is 28.3. The van der Waals surface area contributed by atoms with Crippen molar-refractivity contribution in [3.63, 3.8) is 0 Å². The minimum absolute atomic E-state index is 0.290. The van der Waals surface area contributed by atoms with Gasteiger partial charge in [-0.1, -0.05) is 12.1 Å². The predicted molar refractivity (Wildman–Crippen MR) is 114 cm³/mol. The highest BCUT2D eigenvalue weighted by Crippen LogP contribution is 2.49. The van der Waals surface area contributed by atoms with E-state index in [0.717, 1.165) is 11.3 Å². The van der Waals surface area contributed by atoms with Crippen LogP contribution in [0.25, 0.3) is 22.4 Å². The lowest BCUT2D eigenvalue weighted by molar-refractivity contribution is -0.105. The van der Waals surface area contributed by atoms with Crippen molar-refractivity contribution in [3.8, 4) is 11.4 Å². The minimum Gasteiger partial charge on any atom is -0.383 e. The molecule has 0 spiro atoms. The Morgan fingerprint density at radius 1 is 0.963 bits per heavy atom. The van der Waals surface area contributed by atoms with Gasteiger partial charge in [0, 0.05) is 11.3 Å². The van der Waals surface area contributed by atoms with E-state index >= 15 is 0 Å². The first kappa shape index (κ1) is 17.0. The molecule has 2 aliphatic heterocycles. The van der Waals surface area contributed by atoms with E-state index in [1.165, 1.54) is 27.9 Å². The van der Waals surface area contributed by atoms with E-state index in [1.807, 2.05) is 0 Å². The van der Waals surface area contributed by atoms with Gasteiger partial charge in [0.2, 0.25) is 0 Å². The van der Waals surface area contributed by atoms with Crippen molar-refractivity contribution >= 4 is 25.1 Å². The minimum atomic E-state index is -1.95. The maximum absolute atomic E-state index is 6.38. The van der Waals surface area contributed by atoms with E-state index in [-0.39, 0.29) is 11.2 Å². The van der Waals surface area contributed by atoms with Gasteiger partial charge in [-0.2, -0.15) is 0 Å².